The second-order valence-electron chi connectivity index (χ2n) is 5.07. The van der Waals surface area contributed by atoms with Crippen LogP contribution in [0.3, 0.4) is 0 Å². The minimum absolute atomic E-state index is 0.430. The molecule has 1 aromatic rings. The van der Waals surface area contributed by atoms with Gasteiger partial charge in [-0.2, -0.15) is 0 Å². The molecule has 0 spiro atoms. The zero-order valence-electron chi connectivity index (χ0n) is 11.5. The molecule has 19 heavy (non-hydrogen) atoms. The molecular formula is C13H18N2O4. The summed E-state index contributed by atoms with van der Waals surface area (Å²) in [5, 5.41) is 9.10. The predicted molar refractivity (Wildman–Crippen MR) is 70.0 cm³/mol. The maximum absolute atomic E-state index is 12.1. The molecule has 0 fully saturated rings. The van der Waals surface area contributed by atoms with E-state index in [1.165, 1.54) is 19.3 Å². The third kappa shape index (κ3) is 4.24. The highest BCUT2D eigenvalue weighted by Gasteiger charge is 2.31. The Morgan fingerprint density at radius 1 is 1.32 bits per heavy atom. The molecule has 0 aliphatic heterocycles. The normalized spacial score (nSPS) is 12.6. The van der Waals surface area contributed by atoms with Crippen molar-refractivity contribution in [3.8, 4) is 0 Å². The van der Waals surface area contributed by atoms with Crippen LogP contribution < -0.4 is 4.90 Å². The molecule has 1 heterocycles. The Kier molecular flexibility index (Phi) is 4.47. The molecule has 1 N–H and O–H groups in total. The number of aliphatic carboxylic acids is 1. The van der Waals surface area contributed by atoms with Crippen molar-refractivity contribution < 1.29 is 19.4 Å². The lowest BCUT2D eigenvalue weighted by Gasteiger charge is -2.29. The summed E-state index contributed by atoms with van der Waals surface area (Å²) in [5.41, 5.74) is -0.264. The van der Waals surface area contributed by atoms with E-state index in [2.05, 4.69) is 4.98 Å². The molecule has 0 aliphatic carbocycles. The summed E-state index contributed by atoms with van der Waals surface area (Å²) in [7, 11) is 0. The van der Waals surface area contributed by atoms with Crippen molar-refractivity contribution in [2.75, 3.05) is 4.90 Å². The monoisotopic (exact) mass is 266 g/mol. The standard InChI is InChI=1S/C13H18N2O4/c1-9(11(16)17)15(10-5-7-14-8-6-10)12(18)19-13(2,3)4/h5-9H,1-4H3,(H,16,17). The summed E-state index contributed by atoms with van der Waals surface area (Å²) in [6.07, 6.45) is 2.27. The van der Waals surface area contributed by atoms with E-state index in [0.717, 1.165) is 4.90 Å². The molecule has 0 saturated carbocycles. The fourth-order valence-corrected chi connectivity index (χ4v) is 1.41. The van der Waals surface area contributed by atoms with Gasteiger partial charge in [0.05, 0.1) is 5.69 Å². The molecule has 104 valence electrons. The van der Waals surface area contributed by atoms with Gasteiger partial charge >= 0.3 is 12.1 Å². The van der Waals surface area contributed by atoms with E-state index < -0.39 is 23.7 Å². The largest absolute Gasteiger partial charge is 0.480 e. The lowest BCUT2D eigenvalue weighted by Crippen LogP contribution is -2.46. The van der Waals surface area contributed by atoms with E-state index in [9.17, 15) is 9.59 Å². The second kappa shape index (κ2) is 5.69. The topological polar surface area (TPSA) is 79.7 Å². The van der Waals surface area contributed by atoms with Gasteiger partial charge in [0.15, 0.2) is 0 Å². The SMILES string of the molecule is CC(C(=O)O)N(C(=O)OC(C)(C)C)c1ccncc1. The van der Waals surface area contributed by atoms with Crippen LogP contribution in [0.15, 0.2) is 24.5 Å². The van der Waals surface area contributed by atoms with Gasteiger partial charge in [0, 0.05) is 12.4 Å². The van der Waals surface area contributed by atoms with Gasteiger partial charge < -0.3 is 9.84 Å². The number of carbonyl (C=O) groups is 2. The van der Waals surface area contributed by atoms with Crippen LogP contribution in [-0.2, 0) is 9.53 Å². The van der Waals surface area contributed by atoms with Crippen LogP contribution in [0.25, 0.3) is 0 Å². The Labute approximate surface area is 112 Å². The quantitative estimate of drug-likeness (QED) is 0.908. The number of amides is 1. The maximum atomic E-state index is 12.1. The number of pyridine rings is 1. The molecule has 1 amide bonds. The first kappa shape index (κ1) is 14.9. The van der Waals surface area contributed by atoms with Crippen LogP contribution in [0.2, 0.25) is 0 Å². The number of carboxylic acid groups (broad SMARTS) is 1. The first-order valence-electron chi connectivity index (χ1n) is 5.87. The molecule has 1 unspecified atom stereocenters. The first-order chi connectivity index (χ1) is 8.72. The predicted octanol–water partition coefficient (Wildman–Crippen LogP) is 2.30. The van der Waals surface area contributed by atoms with Gasteiger partial charge in [0.2, 0.25) is 0 Å². The molecule has 1 aromatic heterocycles. The minimum atomic E-state index is -1.11. The van der Waals surface area contributed by atoms with Gasteiger partial charge in [-0.25, -0.2) is 9.59 Å². The van der Waals surface area contributed by atoms with Crippen LogP contribution in [0.1, 0.15) is 27.7 Å². The Bertz CT molecular complexity index is 453. The number of ether oxygens (including phenoxy) is 1. The number of anilines is 1. The van der Waals surface area contributed by atoms with E-state index in [1.54, 1.807) is 32.9 Å². The van der Waals surface area contributed by atoms with E-state index in [-0.39, 0.29) is 0 Å². The maximum Gasteiger partial charge on any atom is 0.415 e. The number of carbonyl (C=O) groups excluding carboxylic acids is 1. The van der Waals surface area contributed by atoms with Gasteiger partial charge in [-0.05, 0) is 39.8 Å². The van der Waals surface area contributed by atoms with Crippen LogP contribution in [-0.4, -0.2) is 33.8 Å². The van der Waals surface area contributed by atoms with Gasteiger partial charge in [0.25, 0.3) is 0 Å². The molecule has 6 nitrogen and oxygen atoms in total. The summed E-state index contributed by atoms with van der Waals surface area (Å²) in [5.74, 6) is -1.11. The fraction of sp³-hybridized carbons (Fsp3) is 0.462. The molecule has 0 bridgehead atoms. The van der Waals surface area contributed by atoms with Crippen molar-refractivity contribution in [3.05, 3.63) is 24.5 Å². The Morgan fingerprint density at radius 2 is 1.84 bits per heavy atom. The Balaban J connectivity index is 3.07. The third-order valence-corrected chi connectivity index (χ3v) is 2.28. The van der Waals surface area contributed by atoms with Crippen LogP contribution >= 0.6 is 0 Å². The average Bonchev–Trinajstić information content (AvgIpc) is 2.28. The van der Waals surface area contributed by atoms with Crippen molar-refractivity contribution in [1.29, 1.82) is 0 Å². The molecule has 0 saturated heterocycles. The van der Waals surface area contributed by atoms with Crippen LogP contribution in [0.5, 0.6) is 0 Å². The number of nitrogens with zero attached hydrogens (tertiary/aromatic N) is 2. The molecule has 0 radical (unpaired) electrons. The highest BCUT2D eigenvalue weighted by Crippen LogP contribution is 2.20. The molecule has 1 atom stereocenters. The summed E-state index contributed by atoms with van der Waals surface area (Å²) >= 11 is 0. The zero-order chi connectivity index (χ0) is 14.6. The Hall–Kier alpha value is -2.11. The minimum Gasteiger partial charge on any atom is -0.480 e. The first-order valence-corrected chi connectivity index (χ1v) is 5.87. The smallest absolute Gasteiger partial charge is 0.415 e. The van der Waals surface area contributed by atoms with E-state index in [1.807, 2.05) is 0 Å². The van der Waals surface area contributed by atoms with E-state index in [4.69, 9.17) is 9.84 Å². The molecule has 0 aromatic carbocycles. The number of carboxylic acids is 1. The van der Waals surface area contributed by atoms with Crippen molar-refractivity contribution in [1.82, 2.24) is 4.98 Å². The number of aromatic nitrogens is 1. The summed E-state index contributed by atoms with van der Waals surface area (Å²) in [6, 6.07) is 2.09. The van der Waals surface area contributed by atoms with Crippen molar-refractivity contribution in [2.45, 2.75) is 39.3 Å². The van der Waals surface area contributed by atoms with Gasteiger partial charge in [0.1, 0.15) is 11.6 Å². The molecule has 1 rings (SSSR count). The van der Waals surface area contributed by atoms with Gasteiger partial charge in [-0.1, -0.05) is 0 Å². The third-order valence-electron chi connectivity index (χ3n) is 2.28. The zero-order valence-corrected chi connectivity index (χ0v) is 11.5. The van der Waals surface area contributed by atoms with E-state index >= 15 is 0 Å². The highest BCUT2D eigenvalue weighted by atomic mass is 16.6. The molecule has 6 heteroatoms. The Morgan fingerprint density at radius 3 is 2.26 bits per heavy atom. The summed E-state index contributed by atoms with van der Waals surface area (Å²) < 4.78 is 5.23. The lowest BCUT2D eigenvalue weighted by atomic mass is 10.2. The number of rotatable bonds is 3. The number of hydrogen-bond donors (Lipinski definition) is 1. The molecular weight excluding hydrogens is 248 g/mol. The van der Waals surface area contributed by atoms with Crippen molar-refractivity contribution in [3.63, 3.8) is 0 Å². The summed E-state index contributed by atoms with van der Waals surface area (Å²) in [4.78, 5) is 28.2. The molecule has 0 aliphatic rings. The van der Waals surface area contributed by atoms with Crippen molar-refractivity contribution >= 4 is 17.7 Å². The van der Waals surface area contributed by atoms with Gasteiger partial charge in [-0.15, -0.1) is 0 Å². The highest BCUT2D eigenvalue weighted by molar-refractivity contribution is 5.94. The second-order valence-corrected chi connectivity index (χ2v) is 5.07. The fourth-order valence-electron chi connectivity index (χ4n) is 1.41. The lowest BCUT2D eigenvalue weighted by molar-refractivity contribution is -0.138. The van der Waals surface area contributed by atoms with E-state index in [0.29, 0.717) is 5.69 Å². The number of hydrogen-bond acceptors (Lipinski definition) is 4. The van der Waals surface area contributed by atoms with Crippen LogP contribution in [0, 0.1) is 0 Å². The average molecular weight is 266 g/mol. The van der Waals surface area contributed by atoms with Gasteiger partial charge in [-0.3, -0.25) is 9.88 Å². The summed E-state index contributed by atoms with van der Waals surface area (Å²) in [6.45, 7) is 6.59. The van der Waals surface area contributed by atoms with Crippen molar-refractivity contribution in [2.24, 2.45) is 0 Å². The van der Waals surface area contributed by atoms with Crippen LogP contribution in [0.4, 0.5) is 10.5 Å².